The van der Waals surface area contributed by atoms with Gasteiger partial charge in [0.1, 0.15) is 17.1 Å². The number of carbonyl (C=O) groups excluding carboxylic acids is 1. The third-order valence-electron chi connectivity index (χ3n) is 1.83. The van der Waals surface area contributed by atoms with E-state index >= 15 is 0 Å². The molecule has 0 aliphatic heterocycles. The van der Waals surface area contributed by atoms with Gasteiger partial charge >= 0.3 is 0 Å². The van der Waals surface area contributed by atoms with Gasteiger partial charge in [0.05, 0.1) is 7.11 Å². The average Bonchev–Trinajstić information content (AvgIpc) is 2.25. The fourth-order valence-corrected chi connectivity index (χ4v) is 1.15. The first-order valence-electron chi connectivity index (χ1n) is 4.42. The van der Waals surface area contributed by atoms with Crippen LogP contribution in [-0.2, 0) is 0 Å². The van der Waals surface area contributed by atoms with Gasteiger partial charge in [-0.1, -0.05) is 12.1 Å². The minimum Gasteiger partial charge on any atom is -0.496 e. The summed E-state index contributed by atoms with van der Waals surface area (Å²) >= 11 is 0. The van der Waals surface area contributed by atoms with Gasteiger partial charge in [-0.15, -0.1) is 6.58 Å². The van der Waals surface area contributed by atoms with Crippen molar-refractivity contribution in [2.45, 2.75) is 0 Å². The van der Waals surface area contributed by atoms with Crippen LogP contribution in [-0.4, -0.2) is 19.6 Å². The summed E-state index contributed by atoms with van der Waals surface area (Å²) in [5.41, 5.74) is -0.0816. The lowest BCUT2D eigenvalue weighted by atomic mass is 10.1. The van der Waals surface area contributed by atoms with Crippen molar-refractivity contribution in [2.75, 3.05) is 13.7 Å². The highest BCUT2D eigenvalue weighted by Gasteiger charge is 2.16. The zero-order chi connectivity index (χ0) is 11.3. The fraction of sp³-hybridized carbons (Fsp3) is 0.182. The van der Waals surface area contributed by atoms with E-state index < -0.39 is 11.7 Å². The van der Waals surface area contributed by atoms with E-state index in [4.69, 9.17) is 4.74 Å². The maximum atomic E-state index is 13.3. The molecular formula is C11H12FNO2. The molecule has 1 amide bonds. The van der Waals surface area contributed by atoms with Crippen molar-refractivity contribution < 1.29 is 13.9 Å². The number of hydrogen-bond donors (Lipinski definition) is 1. The van der Waals surface area contributed by atoms with Crippen molar-refractivity contribution in [3.63, 3.8) is 0 Å². The number of halogens is 1. The van der Waals surface area contributed by atoms with Crippen LogP contribution in [0.25, 0.3) is 0 Å². The molecule has 0 aliphatic rings. The molecule has 0 atom stereocenters. The Labute approximate surface area is 87.6 Å². The van der Waals surface area contributed by atoms with E-state index in [-0.39, 0.29) is 17.9 Å². The summed E-state index contributed by atoms with van der Waals surface area (Å²) in [5, 5.41) is 2.49. The van der Waals surface area contributed by atoms with Crippen LogP contribution in [0.4, 0.5) is 4.39 Å². The molecule has 1 aromatic rings. The summed E-state index contributed by atoms with van der Waals surface area (Å²) in [5.74, 6) is -0.891. The zero-order valence-corrected chi connectivity index (χ0v) is 8.42. The quantitative estimate of drug-likeness (QED) is 0.767. The molecule has 0 heterocycles. The minimum absolute atomic E-state index is 0.0816. The smallest absolute Gasteiger partial charge is 0.258 e. The van der Waals surface area contributed by atoms with Crippen LogP contribution in [0.1, 0.15) is 10.4 Å². The Morgan fingerprint density at radius 1 is 1.67 bits per heavy atom. The van der Waals surface area contributed by atoms with E-state index in [9.17, 15) is 9.18 Å². The second-order valence-electron chi connectivity index (χ2n) is 2.82. The molecule has 0 saturated carbocycles. The number of amides is 1. The van der Waals surface area contributed by atoms with Crippen molar-refractivity contribution in [2.24, 2.45) is 0 Å². The molecule has 1 aromatic carbocycles. The van der Waals surface area contributed by atoms with Crippen molar-refractivity contribution in [1.29, 1.82) is 0 Å². The predicted molar refractivity (Wildman–Crippen MR) is 55.5 cm³/mol. The summed E-state index contributed by atoms with van der Waals surface area (Å²) in [4.78, 5) is 11.5. The first-order chi connectivity index (χ1) is 7.20. The van der Waals surface area contributed by atoms with Crippen LogP contribution >= 0.6 is 0 Å². The molecule has 1 N–H and O–H groups in total. The Bertz CT molecular complexity index is 377. The Morgan fingerprint density at radius 3 is 3.00 bits per heavy atom. The van der Waals surface area contributed by atoms with Gasteiger partial charge in [0.25, 0.3) is 5.91 Å². The van der Waals surface area contributed by atoms with Gasteiger partial charge < -0.3 is 10.1 Å². The van der Waals surface area contributed by atoms with Gasteiger partial charge in [0, 0.05) is 6.54 Å². The fourth-order valence-electron chi connectivity index (χ4n) is 1.15. The maximum Gasteiger partial charge on any atom is 0.258 e. The number of carbonyl (C=O) groups is 1. The summed E-state index contributed by atoms with van der Waals surface area (Å²) < 4.78 is 18.2. The Hall–Kier alpha value is -1.84. The third kappa shape index (κ3) is 2.56. The summed E-state index contributed by atoms with van der Waals surface area (Å²) in [6.45, 7) is 3.74. The van der Waals surface area contributed by atoms with Gasteiger partial charge in [-0.25, -0.2) is 4.39 Å². The van der Waals surface area contributed by atoms with Gasteiger partial charge in [0.15, 0.2) is 0 Å². The van der Waals surface area contributed by atoms with E-state index in [1.54, 1.807) is 0 Å². The molecular weight excluding hydrogens is 197 g/mol. The second kappa shape index (κ2) is 5.14. The molecule has 0 spiro atoms. The van der Waals surface area contributed by atoms with E-state index in [0.717, 1.165) is 0 Å². The molecule has 0 saturated heterocycles. The normalized spacial score (nSPS) is 9.47. The van der Waals surface area contributed by atoms with Crippen LogP contribution < -0.4 is 10.1 Å². The van der Waals surface area contributed by atoms with Crippen LogP contribution in [0, 0.1) is 5.82 Å². The molecule has 4 heteroatoms. The van der Waals surface area contributed by atoms with E-state index in [0.29, 0.717) is 0 Å². The highest BCUT2D eigenvalue weighted by Crippen LogP contribution is 2.20. The topological polar surface area (TPSA) is 38.3 Å². The Morgan fingerprint density at radius 2 is 2.40 bits per heavy atom. The maximum absolute atomic E-state index is 13.3. The Kier molecular flexibility index (Phi) is 3.85. The largest absolute Gasteiger partial charge is 0.496 e. The third-order valence-corrected chi connectivity index (χ3v) is 1.83. The number of hydrogen-bond acceptors (Lipinski definition) is 2. The number of ether oxygens (including phenoxy) is 1. The molecule has 80 valence electrons. The van der Waals surface area contributed by atoms with Crippen LogP contribution in [0.3, 0.4) is 0 Å². The lowest BCUT2D eigenvalue weighted by Gasteiger charge is -2.08. The molecule has 0 fully saturated rings. The molecule has 0 radical (unpaired) electrons. The highest BCUT2D eigenvalue weighted by molar-refractivity contribution is 5.97. The van der Waals surface area contributed by atoms with Crippen LogP contribution in [0.2, 0.25) is 0 Å². The SMILES string of the molecule is C=CCNC(=O)c1c(F)cccc1OC. The van der Waals surface area contributed by atoms with Crippen molar-refractivity contribution >= 4 is 5.91 Å². The molecule has 3 nitrogen and oxygen atoms in total. The summed E-state index contributed by atoms with van der Waals surface area (Å²) in [6, 6.07) is 4.23. The number of methoxy groups -OCH3 is 1. The lowest BCUT2D eigenvalue weighted by molar-refractivity contribution is 0.0950. The Balaban J connectivity index is 3.00. The average molecular weight is 209 g/mol. The van der Waals surface area contributed by atoms with E-state index in [1.165, 1.54) is 31.4 Å². The standard InChI is InChI=1S/C11H12FNO2/c1-3-7-13-11(14)10-8(12)5-4-6-9(10)15-2/h3-6H,1,7H2,2H3,(H,13,14). The predicted octanol–water partition coefficient (Wildman–Crippen LogP) is 1.75. The lowest BCUT2D eigenvalue weighted by Crippen LogP contribution is -2.24. The van der Waals surface area contributed by atoms with Gasteiger partial charge in [-0.2, -0.15) is 0 Å². The first kappa shape index (κ1) is 11.2. The first-order valence-corrected chi connectivity index (χ1v) is 4.42. The van der Waals surface area contributed by atoms with Crippen LogP contribution in [0.15, 0.2) is 30.9 Å². The van der Waals surface area contributed by atoms with Crippen molar-refractivity contribution in [1.82, 2.24) is 5.32 Å². The number of benzene rings is 1. The van der Waals surface area contributed by atoms with E-state index in [2.05, 4.69) is 11.9 Å². The summed E-state index contributed by atoms with van der Waals surface area (Å²) in [6.07, 6.45) is 1.52. The second-order valence-corrected chi connectivity index (χ2v) is 2.82. The van der Waals surface area contributed by atoms with Crippen molar-refractivity contribution in [3.05, 3.63) is 42.2 Å². The van der Waals surface area contributed by atoms with Crippen LogP contribution in [0.5, 0.6) is 5.75 Å². The molecule has 0 aliphatic carbocycles. The molecule has 0 aromatic heterocycles. The zero-order valence-electron chi connectivity index (χ0n) is 8.42. The molecule has 0 unspecified atom stereocenters. The monoisotopic (exact) mass is 209 g/mol. The number of nitrogens with one attached hydrogen (secondary N) is 1. The minimum atomic E-state index is -0.601. The summed E-state index contributed by atoms with van der Waals surface area (Å²) in [7, 11) is 1.39. The van der Waals surface area contributed by atoms with Gasteiger partial charge in [-0.05, 0) is 12.1 Å². The van der Waals surface area contributed by atoms with Crippen molar-refractivity contribution in [3.8, 4) is 5.75 Å². The van der Waals surface area contributed by atoms with Gasteiger partial charge in [-0.3, -0.25) is 4.79 Å². The number of rotatable bonds is 4. The van der Waals surface area contributed by atoms with E-state index in [1.807, 2.05) is 0 Å². The molecule has 15 heavy (non-hydrogen) atoms. The highest BCUT2D eigenvalue weighted by atomic mass is 19.1. The molecule has 1 rings (SSSR count). The molecule has 0 bridgehead atoms. The van der Waals surface area contributed by atoms with Gasteiger partial charge in [0.2, 0.25) is 0 Å².